The second-order valence-electron chi connectivity index (χ2n) is 6.37. The number of halogens is 2. The summed E-state index contributed by atoms with van der Waals surface area (Å²) < 4.78 is 6.05. The van der Waals surface area contributed by atoms with E-state index in [-0.39, 0.29) is 43.0 Å². The molecule has 1 amide bonds. The maximum Gasteiger partial charge on any atom is 0.223 e. The topological polar surface area (TPSA) is 72.6 Å². The molecule has 25 heavy (non-hydrogen) atoms. The van der Waals surface area contributed by atoms with E-state index in [1.54, 1.807) is 12.1 Å². The van der Waals surface area contributed by atoms with Gasteiger partial charge >= 0.3 is 0 Å². The van der Waals surface area contributed by atoms with Crippen LogP contribution < -0.4 is 10.5 Å². The first-order valence-corrected chi connectivity index (χ1v) is 9.11. The molecule has 0 spiro atoms. The highest BCUT2D eigenvalue weighted by atomic mass is 79.9. The Balaban J connectivity index is 0.00000312. The molecule has 1 aromatic rings. The van der Waals surface area contributed by atoms with Crippen LogP contribution in [0.5, 0.6) is 5.75 Å². The monoisotopic (exact) mass is 432 g/mol. The average Bonchev–Trinajstić information content (AvgIpc) is 2.59. The lowest BCUT2D eigenvalue weighted by molar-refractivity contribution is -0.133. The Hall–Kier alpha value is -1.11. The molecule has 0 saturated carbocycles. The van der Waals surface area contributed by atoms with Gasteiger partial charge in [-0.2, -0.15) is 0 Å². The van der Waals surface area contributed by atoms with Crippen LogP contribution in [0.1, 0.15) is 43.0 Å². The van der Waals surface area contributed by atoms with E-state index in [9.17, 15) is 9.59 Å². The van der Waals surface area contributed by atoms with Gasteiger partial charge in [0, 0.05) is 36.4 Å². The molecule has 0 aromatic heterocycles. The molecule has 140 valence electrons. The fraction of sp³-hybridized carbons (Fsp3) is 0.556. The lowest BCUT2D eigenvalue weighted by atomic mass is 9.92. The van der Waals surface area contributed by atoms with E-state index in [4.69, 9.17) is 10.5 Å². The minimum absolute atomic E-state index is 0. The van der Waals surface area contributed by atoms with Crippen LogP contribution in [0.2, 0.25) is 0 Å². The molecule has 0 aliphatic carbocycles. The van der Waals surface area contributed by atoms with E-state index in [1.165, 1.54) is 7.11 Å². The summed E-state index contributed by atoms with van der Waals surface area (Å²) in [6.45, 7) is 3.45. The van der Waals surface area contributed by atoms with Crippen LogP contribution in [-0.2, 0) is 4.79 Å². The Morgan fingerprint density at radius 2 is 2.12 bits per heavy atom. The van der Waals surface area contributed by atoms with Gasteiger partial charge in [-0.25, -0.2) is 0 Å². The minimum atomic E-state index is -0.0812. The second-order valence-corrected chi connectivity index (χ2v) is 7.28. The predicted octanol–water partition coefficient (Wildman–Crippen LogP) is 3.43. The van der Waals surface area contributed by atoms with E-state index in [2.05, 4.69) is 15.9 Å². The normalized spacial score (nSPS) is 18.2. The highest BCUT2D eigenvalue weighted by Gasteiger charge is 2.26. The van der Waals surface area contributed by atoms with Crippen molar-refractivity contribution in [1.82, 2.24) is 4.90 Å². The number of nitrogens with two attached hydrogens (primary N) is 1. The predicted molar refractivity (Wildman–Crippen MR) is 104 cm³/mol. The molecule has 1 saturated heterocycles. The van der Waals surface area contributed by atoms with Crippen LogP contribution in [0.3, 0.4) is 0 Å². The summed E-state index contributed by atoms with van der Waals surface area (Å²) >= 11 is 3.36. The molecular weight excluding hydrogens is 408 g/mol. The van der Waals surface area contributed by atoms with Crippen molar-refractivity contribution in [2.75, 3.05) is 20.2 Å². The molecular formula is C18H26BrClN2O3. The van der Waals surface area contributed by atoms with E-state index in [0.717, 1.165) is 23.9 Å². The first-order valence-electron chi connectivity index (χ1n) is 8.32. The number of hydrogen-bond donors (Lipinski definition) is 1. The summed E-state index contributed by atoms with van der Waals surface area (Å²) in [7, 11) is 1.53. The quantitative estimate of drug-likeness (QED) is 0.698. The minimum Gasteiger partial charge on any atom is -0.496 e. The third-order valence-electron chi connectivity index (χ3n) is 4.58. The average molecular weight is 434 g/mol. The second kappa shape index (κ2) is 10.1. The van der Waals surface area contributed by atoms with Crippen molar-refractivity contribution >= 4 is 40.0 Å². The molecule has 7 heteroatoms. The molecule has 1 aromatic carbocycles. The van der Waals surface area contributed by atoms with E-state index < -0.39 is 0 Å². The Kier molecular flexibility index (Phi) is 8.89. The number of amides is 1. The van der Waals surface area contributed by atoms with Gasteiger partial charge in [0.15, 0.2) is 5.78 Å². The maximum atomic E-state index is 12.4. The summed E-state index contributed by atoms with van der Waals surface area (Å²) in [5, 5.41) is 0. The number of ketones is 1. The zero-order valence-electron chi connectivity index (χ0n) is 14.7. The van der Waals surface area contributed by atoms with Gasteiger partial charge in [0.2, 0.25) is 5.91 Å². The van der Waals surface area contributed by atoms with Gasteiger partial charge < -0.3 is 15.4 Å². The van der Waals surface area contributed by atoms with Gasteiger partial charge in [0.25, 0.3) is 0 Å². The van der Waals surface area contributed by atoms with Gasteiger partial charge in [0.1, 0.15) is 5.75 Å². The van der Waals surface area contributed by atoms with Gasteiger partial charge in [-0.3, -0.25) is 9.59 Å². The number of ether oxygens (including phenoxy) is 1. The zero-order valence-corrected chi connectivity index (χ0v) is 17.1. The molecule has 2 N–H and O–H groups in total. The molecule has 1 heterocycles. The fourth-order valence-corrected chi connectivity index (χ4v) is 3.44. The first-order chi connectivity index (χ1) is 11.4. The molecule has 2 atom stereocenters. The number of hydrogen-bond acceptors (Lipinski definition) is 4. The standard InChI is InChI=1S/C18H25BrN2O3.ClH/c1-12(20)13-4-3-9-21(11-13)18(23)8-6-16(22)15-10-14(19)5-7-17(15)24-2;/h5,7,10,12-13H,3-4,6,8-9,11,20H2,1-2H3;1H. The maximum absolute atomic E-state index is 12.4. The van der Waals surface area contributed by atoms with Crippen LogP contribution in [0.4, 0.5) is 0 Å². The molecule has 5 nitrogen and oxygen atoms in total. The van der Waals surface area contributed by atoms with Crippen molar-refractivity contribution in [3.05, 3.63) is 28.2 Å². The smallest absolute Gasteiger partial charge is 0.223 e. The van der Waals surface area contributed by atoms with Gasteiger partial charge in [-0.1, -0.05) is 15.9 Å². The molecule has 1 aliphatic rings. The Bertz CT molecular complexity index is 610. The number of piperidine rings is 1. The molecule has 0 bridgehead atoms. The third kappa shape index (κ3) is 5.97. The van der Waals surface area contributed by atoms with Gasteiger partial charge in [0.05, 0.1) is 12.7 Å². The fourth-order valence-electron chi connectivity index (χ4n) is 3.08. The van der Waals surface area contributed by atoms with E-state index >= 15 is 0 Å². The van der Waals surface area contributed by atoms with Crippen LogP contribution in [-0.4, -0.2) is 42.8 Å². The number of methoxy groups -OCH3 is 1. The van der Waals surface area contributed by atoms with Crippen LogP contribution >= 0.6 is 28.3 Å². The van der Waals surface area contributed by atoms with Gasteiger partial charge in [-0.05, 0) is 43.9 Å². The van der Waals surface area contributed by atoms with Crippen molar-refractivity contribution in [3.8, 4) is 5.75 Å². The number of benzene rings is 1. The lowest BCUT2D eigenvalue weighted by Gasteiger charge is -2.34. The summed E-state index contributed by atoms with van der Waals surface area (Å²) in [5.74, 6) is 0.833. The number of carbonyl (C=O) groups excluding carboxylic acids is 2. The van der Waals surface area contributed by atoms with Crippen molar-refractivity contribution in [3.63, 3.8) is 0 Å². The van der Waals surface area contributed by atoms with Gasteiger partial charge in [-0.15, -0.1) is 12.4 Å². The molecule has 1 aliphatic heterocycles. The Morgan fingerprint density at radius 1 is 1.40 bits per heavy atom. The van der Waals surface area contributed by atoms with Crippen LogP contribution in [0, 0.1) is 5.92 Å². The van der Waals surface area contributed by atoms with E-state index in [0.29, 0.717) is 23.8 Å². The number of rotatable bonds is 6. The van der Waals surface area contributed by atoms with Crippen LogP contribution in [0.25, 0.3) is 0 Å². The Labute approximate surface area is 163 Å². The first kappa shape index (κ1) is 21.9. The number of likely N-dealkylation sites (tertiary alicyclic amines) is 1. The summed E-state index contributed by atoms with van der Waals surface area (Å²) in [5.41, 5.74) is 6.47. The lowest BCUT2D eigenvalue weighted by Crippen LogP contribution is -2.45. The van der Waals surface area contributed by atoms with Crippen molar-refractivity contribution < 1.29 is 14.3 Å². The third-order valence-corrected chi connectivity index (χ3v) is 5.08. The van der Waals surface area contributed by atoms with Crippen LogP contribution in [0.15, 0.2) is 22.7 Å². The summed E-state index contributed by atoms with van der Waals surface area (Å²) in [6.07, 6.45) is 2.45. The summed E-state index contributed by atoms with van der Waals surface area (Å²) in [6, 6.07) is 5.39. The molecule has 0 radical (unpaired) electrons. The zero-order chi connectivity index (χ0) is 17.7. The van der Waals surface area contributed by atoms with Crippen molar-refractivity contribution in [1.29, 1.82) is 0 Å². The SMILES string of the molecule is COc1ccc(Br)cc1C(=O)CCC(=O)N1CCCC(C(C)N)C1.Cl. The Morgan fingerprint density at radius 3 is 2.76 bits per heavy atom. The molecule has 2 rings (SSSR count). The molecule has 2 unspecified atom stereocenters. The summed E-state index contributed by atoms with van der Waals surface area (Å²) in [4.78, 5) is 26.7. The van der Waals surface area contributed by atoms with Crippen molar-refractivity contribution in [2.45, 2.75) is 38.6 Å². The highest BCUT2D eigenvalue weighted by molar-refractivity contribution is 9.10. The number of nitrogens with zero attached hydrogens (tertiary/aromatic N) is 1. The molecule has 1 fully saturated rings. The van der Waals surface area contributed by atoms with E-state index in [1.807, 2.05) is 17.9 Å². The van der Waals surface area contributed by atoms with Crippen molar-refractivity contribution in [2.24, 2.45) is 11.7 Å². The number of carbonyl (C=O) groups is 2. The largest absolute Gasteiger partial charge is 0.496 e. The number of Topliss-reactive ketones (excluding diaryl/α,β-unsaturated/α-hetero) is 1. The highest BCUT2D eigenvalue weighted by Crippen LogP contribution is 2.25.